The van der Waals surface area contributed by atoms with E-state index >= 15 is 0 Å². The predicted octanol–water partition coefficient (Wildman–Crippen LogP) is 2.51. The third-order valence-electron chi connectivity index (χ3n) is 2.74. The summed E-state index contributed by atoms with van der Waals surface area (Å²) < 4.78 is 6.88. The van der Waals surface area contributed by atoms with Gasteiger partial charge >= 0.3 is 6.09 Å². The number of nitrogens with one attached hydrogen (secondary N) is 2. The van der Waals surface area contributed by atoms with Gasteiger partial charge in [0.1, 0.15) is 11.4 Å². The summed E-state index contributed by atoms with van der Waals surface area (Å²) in [5.74, 6) is 0.625. The standard InChI is InChI=1S/C14H21N5O2S/c1-14(2,3)21-13(20)18-12-10(6-17-19(12)4)5-15-7-11-8-22-9-16-11/h6,8-9,15H,5,7H2,1-4H3,(H,18,20). The zero-order valence-electron chi connectivity index (χ0n) is 13.2. The molecule has 7 nitrogen and oxygen atoms in total. The molecule has 8 heteroatoms. The first-order chi connectivity index (χ1) is 10.3. The maximum absolute atomic E-state index is 11.9. The molecule has 0 radical (unpaired) electrons. The van der Waals surface area contributed by atoms with Crippen LogP contribution < -0.4 is 10.6 Å². The van der Waals surface area contributed by atoms with Gasteiger partial charge in [-0.15, -0.1) is 11.3 Å². The second kappa shape index (κ2) is 6.89. The number of anilines is 1. The van der Waals surface area contributed by atoms with Gasteiger partial charge in [0, 0.05) is 31.1 Å². The Balaban J connectivity index is 1.94. The summed E-state index contributed by atoms with van der Waals surface area (Å²) in [6.45, 7) is 6.73. The largest absolute Gasteiger partial charge is 0.444 e. The van der Waals surface area contributed by atoms with Crippen molar-refractivity contribution in [2.45, 2.75) is 39.5 Å². The molecule has 2 aromatic heterocycles. The summed E-state index contributed by atoms with van der Waals surface area (Å²) in [7, 11) is 1.77. The van der Waals surface area contributed by atoms with E-state index in [0.29, 0.717) is 18.9 Å². The number of amides is 1. The molecule has 2 N–H and O–H groups in total. The predicted molar refractivity (Wildman–Crippen MR) is 85.7 cm³/mol. The molecule has 0 unspecified atom stereocenters. The molecule has 0 aliphatic carbocycles. The van der Waals surface area contributed by atoms with Gasteiger partial charge in [0.05, 0.1) is 17.4 Å². The van der Waals surface area contributed by atoms with Gasteiger partial charge in [-0.25, -0.2) is 9.78 Å². The van der Waals surface area contributed by atoms with Crippen LogP contribution in [-0.4, -0.2) is 26.5 Å². The normalized spacial score (nSPS) is 11.5. The number of hydrogen-bond acceptors (Lipinski definition) is 6. The number of aromatic nitrogens is 3. The van der Waals surface area contributed by atoms with Crippen molar-refractivity contribution in [3.05, 3.63) is 28.3 Å². The molecule has 0 saturated heterocycles. The topological polar surface area (TPSA) is 81.1 Å². The molecule has 0 aliphatic rings. The van der Waals surface area contributed by atoms with E-state index in [1.165, 1.54) is 0 Å². The first-order valence-corrected chi connectivity index (χ1v) is 7.88. The Labute approximate surface area is 133 Å². The molecule has 1 amide bonds. The average molecular weight is 323 g/mol. The minimum atomic E-state index is -0.536. The van der Waals surface area contributed by atoms with Crippen molar-refractivity contribution in [1.82, 2.24) is 20.1 Å². The van der Waals surface area contributed by atoms with Crippen LogP contribution in [0.2, 0.25) is 0 Å². The third kappa shape index (κ3) is 4.81. The summed E-state index contributed by atoms with van der Waals surface area (Å²) in [5.41, 5.74) is 3.15. The highest BCUT2D eigenvalue weighted by Crippen LogP contribution is 2.16. The first kappa shape index (κ1) is 16.4. The zero-order chi connectivity index (χ0) is 16.2. The van der Waals surface area contributed by atoms with Gasteiger partial charge in [-0.3, -0.25) is 10.00 Å². The number of carbonyl (C=O) groups excluding carboxylic acids is 1. The smallest absolute Gasteiger partial charge is 0.413 e. The van der Waals surface area contributed by atoms with Crippen molar-refractivity contribution in [2.24, 2.45) is 7.05 Å². The van der Waals surface area contributed by atoms with Gasteiger partial charge in [-0.05, 0) is 20.8 Å². The highest BCUT2D eigenvalue weighted by molar-refractivity contribution is 7.07. The molecule has 0 atom stereocenters. The van der Waals surface area contributed by atoms with E-state index < -0.39 is 11.7 Å². The van der Waals surface area contributed by atoms with Crippen molar-refractivity contribution < 1.29 is 9.53 Å². The molecular weight excluding hydrogens is 302 g/mol. The Hall–Kier alpha value is -1.93. The fourth-order valence-corrected chi connectivity index (χ4v) is 2.38. The minimum Gasteiger partial charge on any atom is -0.444 e. The summed E-state index contributed by atoms with van der Waals surface area (Å²) in [4.78, 5) is 16.1. The monoisotopic (exact) mass is 323 g/mol. The van der Waals surface area contributed by atoms with Crippen LogP contribution in [0.1, 0.15) is 32.0 Å². The van der Waals surface area contributed by atoms with E-state index in [0.717, 1.165) is 11.3 Å². The molecule has 0 spiro atoms. The lowest BCUT2D eigenvalue weighted by molar-refractivity contribution is 0.0634. The maximum Gasteiger partial charge on any atom is 0.413 e. The van der Waals surface area contributed by atoms with Crippen molar-refractivity contribution in [1.29, 1.82) is 0 Å². The molecule has 22 heavy (non-hydrogen) atoms. The van der Waals surface area contributed by atoms with Crippen LogP contribution >= 0.6 is 11.3 Å². The van der Waals surface area contributed by atoms with Crippen LogP contribution in [0.25, 0.3) is 0 Å². The molecule has 2 aromatic rings. The average Bonchev–Trinajstić information content (AvgIpc) is 3.01. The minimum absolute atomic E-state index is 0.489. The molecule has 120 valence electrons. The van der Waals surface area contributed by atoms with Gasteiger partial charge in [0.25, 0.3) is 0 Å². The quantitative estimate of drug-likeness (QED) is 0.883. The summed E-state index contributed by atoms with van der Waals surface area (Å²) >= 11 is 1.57. The number of hydrogen-bond donors (Lipinski definition) is 2. The van der Waals surface area contributed by atoms with E-state index in [9.17, 15) is 4.79 Å². The van der Waals surface area contributed by atoms with Crippen LogP contribution in [0.4, 0.5) is 10.6 Å². The number of ether oxygens (including phenoxy) is 1. The number of thiazole rings is 1. The second-order valence-electron chi connectivity index (χ2n) is 5.85. The van der Waals surface area contributed by atoms with Gasteiger partial charge in [-0.1, -0.05) is 0 Å². The zero-order valence-corrected chi connectivity index (χ0v) is 14.0. The lowest BCUT2D eigenvalue weighted by atomic mass is 10.2. The molecular formula is C14H21N5O2S. The fourth-order valence-electron chi connectivity index (χ4n) is 1.82. The van der Waals surface area contributed by atoms with Gasteiger partial charge in [-0.2, -0.15) is 5.10 Å². The third-order valence-corrected chi connectivity index (χ3v) is 3.37. The van der Waals surface area contributed by atoms with Gasteiger partial charge in [0.2, 0.25) is 0 Å². The lowest BCUT2D eigenvalue weighted by Gasteiger charge is -2.20. The van der Waals surface area contributed by atoms with E-state index in [1.807, 2.05) is 26.2 Å². The molecule has 0 aromatic carbocycles. The molecule has 0 aliphatic heterocycles. The van der Waals surface area contributed by atoms with E-state index in [2.05, 4.69) is 20.7 Å². The highest BCUT2D eigenvalue weighted by Gasteiger charge is 2.18. The first-order valence-electron chi connectivity index (χ1n) is 6.94. The molecule has 2 heterocycles. The Morgan fingerprint density at radius 3 is 2.82 bits per heavy atom. The Morgan fingerprint density at radius 2 is 2.18 bits per heavy atom. The van der Waals surface area contributed by atoms with E-state index in [4.69, 9.17) is 4.74 Å². The van der Waals surface area contributed by atoms with Crippen LogP contribution in [0.3, 0.4) is 0 Å². The van der Waals surface area contributed by atoms with Crippen LogP contribution in [-0.2, 0) is 24.9 Å². The summed E-state index contributed by atoms with van der Waals surface area (Å²) in [6, 6.07) is 0. The maximum atomic E-state index is 11.9. The van der Waals surface area contributed by atoms with E-state index in [1.54, 1.807) is 34.8 Å². The van der Waals surface area contributed by atoms with Crippen molar-refractivity contribution in [2.75, 3.05) is 5.32 Å². The van der Waals surface area contributed by atoms with Crippen molar-refractivity contribution >= 4 is 23.2 Å². The van der Waals surface area contributed by atoms with Crippen LogP contribution in [0.5, 0.6) is 0 Å². The molecule has 0 fully saturated rings. The second-order valence-corrected chi connectivity index (χ2v) is 6.57. The number of nitrogens with zero attached hydrogens (tertiary/aromatic N) is 3. The Morgan fingerprint density at radius 1 is 1.41 bits per heavy atom. The number of rotatable bonds is 5. The van der Waals surface area contributed by atoms with Crippen molar-refractivity contribution in [3.8, 4) is 0 Å². The molecule has 2 rings (SSSR count). The molecule has 0 saturated carbocycles. The summed E-state index contributed by atoms with van der Waals surface area (Å²) in [6.07, 6.45) is 1.23. The van der Waals surface area contributed by atoms with Crippen LogP contribution in [0, 0.1) is 0 Å². The number of aryl methyl sites for hydroxylation is 1. The van der Waals surface area contributed by atoms with Crippen molar-refractivity contribution in [3.63, 3.8) is 0 Å². The highest BCUT2D eigenvalue weighted by atomic mass is 32.1. The van der Waals surface area contributed by atoms with E-state index in [-0.39, 0.29) is 0 Å². The number of carbonyl (C=O) groups is 1. The SMILES string of the molecule is Cn1ncc(CNCc2cscn2)c1NC(=O)OC(C)(C)C. The fraction of sp³-hybridized carbons (Fsp3) is 0.500. The Bertz CT molecular complexity index is 616. The van der Waals surface area contributed by atoms with Gasteiger partial charge in [0.15, 0.2) is 0 Å². The molecule has 0 bridgehead atoms. The van der Waals surface area contributed by atoms with Crippen LogP contribution in [0.15, 0.2) is 17.1 Å². The lowest BCUT2D eigenvalue weighted by Crippen LogP contribution is -2.28. The van der Waals surface area contributed by atoms with Gasteiger partial charge < -0.3 is 10.1 Å². The Kier molecular flexibility index (Phi) is 5.15. The summed E-state index contributed by atoms with van der Waals surface area (Å²) in [5, 5.41) is 12.2.